The highest BCUT2D eigenvalue weighted by atomic mass is 32.2. The molecular weight excluding hydrogens is 387 g/mol. The zero-order chi connectivity index (χ0) is 20.6. The Bertz CT molecular complexity index is 775. The maximum Gasteiger partial charge on any atom is 0.244 e. The van der Waals surface area contributed by atoms with Crippen molar-refractivity contribution >= 4 is 15.9 Å². The van der Waals surface area contributed by atoms with E-state index in [2.05, 4.69) is 15.6 Å². The van der Waals surface area contributed by atoms with Gasteiger partial charge in [0.15, 0.2) is 0 Å². The van der Waals surface area contributed by atoms with Gasteiger partial charge in [0.25, 0.3) is 0 Å². The fourth-order valence-electron chi connectivity index (χ4n) is 2.95. The molecule has 0 aromatic carbocycles. The van der Waals surface area contributed by atoms with Crippen LogP contribution >= 0.6 is 0 Å². The van der Waals surface area contributed by atoms with Crippen LogP contribution in [0.5, 0.6) is 5.88 Å². The number of rotatable bonds is 9. The molecule has 8 nitrogen and oxygen atoms in total. The van der Waals surface area contributed by atoms with Crippen molar-refractivity contribution in [3.63, 3.8) is 0 Å². The van der Waals surface area contributed by atoms with Gasteiger partial charge in [-0.3, -0.25) is 4.79 Å². The van der Waals surface area contributed by atoms with Crippen LogP contribution in [0.15, 0.2) is 35.1 Å². The van der Waals surface area contributed by atoms with E-state index in [-0.39, 0.29) is 42.3 Å². The van der Waals surface area contributed by atoms with Crippen LogP contribution in [-0.4, -0.2) is 63.4 Å². The van der Waals surface area contributed by atoms with E-state index < -0.39 is 10.0 Å². The van der Waals surface area contributed by atoms with Gasteiger partial charge >= 0.3 is 0 Å². The van der Waals surface area contributed by atoms with E-state index in [0.29, 0.717) is 37.8 Å². The van der Waals surface area contributed by atoms with Gasteiger partial charge in [-0.25, -0.2) is 17.8 Å². The van der Waals surface area contributed by atoms with Crippen molar-refractivity contribution in [2.24, 2.45) is 5.92 Å². The van der Waals surface area contributed by atoms with Crippen molar-refractivity contribution < 1.29 is 22.3 Å². The molecule has 1 saturated heterocycles. The Kier molecular flexibility index (Phi) is 8.34. The molecule has 1 aliphatic heterocycles. The quantitative estimate of drug-likeness (QED) is 0.627. The van der Waals surface area contributed by atoms with Crippen LogP contribution in [0, 0.1) is 5.92 Å². The fraction of sp³-hybridized carbons (Fsp3) is 0.556. The van der Waals surface area contributed by atoms with Crippen molar-refractivity contribution in [2.75, 3.05) is 39.8 Å². The SMILES string of the molecule is CCNC(=O)C1CCN(S(=O)(=O)c2ccc(OC/C(=C/F)CNC)nc2)CC1. The van der Waals surface area contributed by atoms with Crippen LogP contribution in [0.25, 0.3) is 0 Å². The highest BCUT2D eigenvalue weighted by molar-refractivity contribution is 7.89. The lowest BCUT2D eigenvalue weighted by molar-refractivity contribution is -0.126. The molecule has 156 valence electrons. The van der Waals surface area contributed by atoms with Crippen molar-refractivity contribution in [2.45, 2.75) is 24.7 Å². The number of carbonyl (C=O) groups is 1. The maximum atomic E-state index is 12.8. The van der Waals surface area contributed by atoms with Crippen molar-refractivity contribution in [3.8, 4) is 5.88 Å². The number of carbonyl (C=O) groups excluding carboxylic acids is 1. The van der Waals surface area contributed by atoms with Crippen LogP contribution in [-0.2, 0) is 14.8 Å². The molecular formula is C18H27FN4O4S. The van der Waals surface area contributed by atoms with Crippen LogP contribution < -0.4 is 15.4 Å². The van der Waals surface area contributed by atoms with Gasteiger partial charge in [-0.1, -0.05) is 0 Å². The second kappa shape index (κ2) is 10.5. The normalized spacial score (nSPS) is 16.8. The monoisotopic (exact) mass is 414 g/mol. The van der Waals surface area contributed by atoms with Crippen LogP contribution in [0.4, 0.5) is 4.39 Å². The molecule has 0 saturated carbocycles. The number of aromatic nitrogens is 1. The number of nitrogens with zero attached hydrogens (tertiary/aromatic N) is 2. The molecule has 2 N–H and O–H groups in total. The number of ether oxygens (including phenoxy) is 1. The Balaban J connectivity index is 1.96. The Hall–Kier alpha value is -2.04. The number of likely N-dealkylation sites (N-methyl/N-ethyl adjacent to an activating group) is 1. The lowest BCUT2D eigenvalue weighted by Gasteiger charge is -2.30. The second-order valence-electron chi connectivity index (χ2n) is 6.49. The predicted molar refractivity (Wildman–Crippen MR) is 103 cm³/mol. The number of halogens is 1. The van der Waals surface area contributed by atoms with Gasteiger partial charge in [0.1, 0.15) is 11.5 Å². The van der Waals surface area contributed by atoms with Gasteiger partial charge in [0, 0.05) is 43.7 Å². The highest BCUT2D eigenvalue weighted by Gasteiger charge is 2.32. The van der Waals surface area contributed by atoms with Gasteiger partial charge in [-0.2, -0.15) is 4.31 Å². The number of hydrogen-bond donors (Lipinski definition) is 2. The average molecular weight is 415 g/mol. The van der Waals surface area contributed by atoms with Gasteiger partial charge in [-0.05, 0) is 32.9 Å². The molecule has 2 heterocycles. The van der Waals surface area contributed by atoms with Crippen LogP contribution in [0.1, 0.15) is 19.8 Å². The van der Waals surface area contributed by atoms with Crippen molar-refractivity contribution in [3.05, 3.63) is 30.2 Å². The standard InChI is InChI=1S/C18H27FN4O4S/c1-3-21-18(24)15-6-8-23(9-7-15)28(25,26)16-4-5-17(22-12-16)27-13-14(10-19)11-20-2/h4-5,10,12,15,20H,3,6-9,11,13H2,1-2H3,(H,21,24)/b14-10+. The smallest absolute Gasteiger partial charge is 0.244 e. The number of amides is 1. The summed E-state index contributed by atoms with van der Waals surface area (Å²) >= 11 is 0. The molecule has 1 amide bonds. The summed E-state index contributed by atoms with van der Waals surface area (Å²) in [6.45, 7) is 3.36. The molecule has 0 bridgehead atoms. The number of sulfonamides is 1. The molecule has 28 heavy (non-hydrogen) atoms. The van der Waals surface area contributed by atoms with Gasteiger partial charge in [0.05, 0.1) is 12.5 Å². The topological polar surface area (TPSA) is 101 Å². The minimum absolute atomic E-state index is 0.0176. The molecule has 0 atom stereocenters. The number of nitrogens with one attached hydrogen (secondary N) is 2. The molecule has 1 aliphatic rings. The molecule has 1 aromatic rings. The maximum absolute atomic E-state index is 12.8. The molecule has 10 heteroatoms. The van der Waals surface area contributed by atoms with E-state index in [9.17, 15) is 17.6 Å². The molecule has 0 aliphatic carbocycles. The molecule has 1 aromatic heterocycles. The number of pyridine rings is 1. The first kappa shape index (κ1) is 22.3. The van der Waals surface area contributed by atoms with E-state index in [4.69, 9.17) is 4.74 Å². The Morgan fingerprint density at radius 2 is 2.11 bits per heavy atom. The van der Waals surface area contributed by atoms with E-state index in [1.165, 1.54) is 22.6 Å². The number of piperidine rings is 1. The van der Waals surface area contributed by atoms with Crippen LogP contribution in [0.2, 0.25) is 0 Å². The van der Waals surface area contributed by atoms with Crippen molar-refractivity contribution in [1.82, 2.24) is 19.9 Å². The molecule has 2 rings (SSSR count). The molecule has 0 spiro atoms. The van der Waals surface area contributed by atoms with Crippen molar-refractivity contribution in [1.29, 1.82) is 0 Å². The fourth-order valence-corrected chi connectivity index (χ4v) is 4.36. The lowest BCUT2D eigenvalue weighted by Crippen LogP contribution is -2.42. The molecule has 0 unspecified atom stereocenters. The zero-order valence-corrected chi connectivity index (χ0v) is 17.0. The Morgan fingerprint density at radius 3 is 2.64 bits per heavy atom. The zero-order valence-electron chi connectivity index (χ0n) is 16.2. The van der Waals surface area contributed by atoms with E-state index in [1.807, 2.05) is 6.92 Å². The Morgan fingerprint density at radius 1 is 1.39 bits per heavy atom. The largest absolute Gasteiger partial charge is 0.473 e. The summed E-state index contributed by atoms with van der Waals surface area (Å²) in [6, 6.07) is 2.87. The highest BCUT2D eigenvalue weighted by Crippen LogP contribution is 2.24. The lowest BCUT2D eigenvalue weighted by atomic mass is 9.97. The van der Waals surface area contributed by atoms with Gasteiger partial charge < -0.3 is 15.4 Å². The molecule has 1 fully saturated rings. The van der Waals surface area contributed by atoms with Crippen LogP contribution in [0.3, 0.4) is 0 Å². The third-order valence-electron chi connectivity index (χ3n) is 4.49. The average Bonchev–Trinajstić information content (AvgIpc) is 2.71. The summed E-state index contributed by atoms with van der Waals surface area (Å²) in [6.07, 6.45) is 2.68. The van der Waals surface area contributed by atoms with E-state index in [0.717, 1.165) is 0 Å². The first-order valence-corrected chi connectivity index (χ1v) is 10.7. The summed E-state index contributed by atoms with van der Waals surface area (Å²) in [5.74, 6) is 0.0303. The first-order valence-electron chi connectivity index (χ1n) is 9.21. The summed E-state index contributed by atoms with van der Waals surface area (Å²) in [4.78, 5) is 16.0. The summed E-state index contributed by atoms with van der Waals surface area (Å²) < 4.78 is 45.0. The third-order valence-corrected chi connectivity index (χ3v) is 6.37. The second-order valence-corrected chi connectivity index (χ2v) is 8.43. The number of hydrogen-bond acceptors (Lipinski definition) is 6. The first-order chi connectivity index (χ1) is 13.4. The van der Waals surface area contributed by atoms with E-state index in [1.54, 1.807) is 7.05 Å². The summed E-state index contributed by atoms with van der Waals surface area (Å²) in [5.41, 5.74) is 0.413. The molecule has 0 radical (unpaired) electrons. The predicted octanol–water partition coefficient (Wildman–Crippen LogP) is 1.07. The van der Waals surface area contributed by atoms with Gasteiger partial charge in [0.2, 0.25) is 21.8 Å². The van der Waals surface area contributed by atoms with Gasteiger partial charge in [-0.15, -0.1) is 0 Å². The Labute approximate surface area is 165 Å². The summed E-state index contributed by atoms with van der Waals surface area (Å²) in [5, 5.41) is 5.60. The van der Waals surface area contributed by atoms with E-state index >= 15 is 0 Å². The minimum atomic E-state index is -3.68. The summed E-state index contributed by atoms with van der Waals surface area (Å²) in [7, 11) is -1.99. The minimum Gasteiger partial charge on any atom is -0.473 e. The third kappa shape index (κ3) is 5.73.